The second kappa shape index (κ2) is 10.8. The van der Waals surface area contributed by atoms with E-state index in [1.807, 2.05) is 19.0 Å². The van der Waals surface area contributed by atoms with Crippen LogP contribution in [0.1, 0.15) is 11.1 Å². The van der Waals surface area contributed by atoms with E-state index in [-0.39, 0.29) is 42.6 Å². The minimum atomic E-state index is -0.305. The van der Waals surface area contributed by atoms with Gasteiger partial charge in [-0.2, -0.15) is 0 Å². The van der Waals surface area contributed by atoms with Gasteiger partial charge in [-0.1, -0.05) is 6.07 Å². The molecule has 132 valence electrons. The molecule has 0 bridgehead atoms. The topological polar surface area (TPSA) is 53.6 Å². The zero-order valence-corrected chi connectivity index (χ0v) is 14.9. The van der Waals surface area contributed by atoms with Gasteiger partial charge in [0.2, 0.25) is 5.91 Å². The molecular formula is C15H24Cl2FN3O2. The highest BCUT2D eigenvalue weighted by Gasteiger charge is 2.20. The first-order valence-corrected chi connectivity index (χ1v) is 7.07. The summed E-state index contributed by atoms with van der Waals surface area (Å²) in [7, 11) is 3.78. The van der Waals surface area contributed by atoms with Crippen molar-refractivity contribution in [2.75, 3.05) is 33.9 Å². The fraction of sp³-hybridized carbons (Fsp3) is 0.533. The maximum atomic E-state index is 13.7. The Morgan fingerprint density at radius 2 is 2.17 bits per heavy atom. The van der Waals surface area contributed by atoms with Crippen molar-refractivity contribution in [3.63, 3.8) is 0 Å². The van der Waals surface area contributed by atoms with Crippen LogP contribution in [0.3, 0.4) is 0 Å². The average Bonchev–Trinajstić information content (AvgIpc) is 2.48. The molecule has 8 heteroatoms. The fourth-order valence-corrected chi connectivity index (χ4v) is 2.25. The molecule has 1 saturated heterocycles. The zero-order chi connectivity index (χ0) is 15.2. The normalized spacial score (nSPS) is 17.1. The standard InChI is InChI=1S/C15H22FN3O2.2ClH/c1-19(2)9-12-7-11(3-4-13(12)16)8-18-15(20)14-10-21-6-5-17-14;;/h3-4,7,14,17H,5-6,8-10H2,1-2H3,(H,18,20);2*1H. The van der Waals surface area contributed by atoms with Crippen molar-refractivity contribution in [3.05, 3.63) is 35.1 Å². The Kier molecular flexibility index (Phi) is 10.3. The molecule has 1 fully saturated rings. The van der Waals surface area contributed by atoms with Gasteiger partial charge in [-0.25, -0.2) is 4.39 Å². The van der Waals surface area contributed by atoms with Crippen molar-refractivity contribution >= 4 is 30.7 Å². The third-order valence-electron chi connectivity index (χ3n) is 3.30. The molecule has 5 nitrogen and oxygen atoms in total. The Hall–Kier alpha value is -0.920. The van der Waals surface area contributed by atoms with E-state index in [2.05, 4.69) is 10.6 Å². The summed E-state index contributed by atoms with van der Waals surface area (Å²) >= 11 is 0. The van der Waals surface area contributed by atoms with E-state index in [0.717, 1.165) is 5.56 Å². The van der Waals surface area contributed by atoms with Crippen LogP contribution in [0.15, 0.2) is 18.2 Å². The van der Waals surface area contributed by atoms with Crippen LogP contribution < -0.4 is 10.6 Å². The maximum Gasteiger partial charge on any atom is 0.239 e. The highest BCUT2D eigenvalue weighted by molar-refractivity contribution is 5.85. The highest BCUT2D eigenvalue weighted by atomic mass is 35.5. The van der Waals surface area contributed by atoms with E-state index in [1.54, 1.807) is 12.1 Å². The SMILES string of the molecule is CN(C)Cc1cc(CNC(=O)C2COCCN2)ccc1F.Cl.Cl. The molecule has 1 heterocycles. The van der Waals surface area contributed by atoms with Crippen molar-refractivity contribution < 1.29 is 13.9 Å². The Bertz CT molecular complexity index is 498. The third-order valence-corrected chi connectivity index (χ3v) is 3.30. The highest BCUT2D eigenvalue weighted by Crippen LogP contribution is 2.12. The van der Waals surface area contributed by atoms with Crippen LogP contribution in [0.4, 0.5) is 4.39 Å². The second-order valence-electron chi connectivity index (χ2n) is 5.46. The van der Waals surface area contributed by atoms with Gasteiger partial charge < -0.3 is 20.3 Å². The van der Waals surface area contributed by atoms with Gasteiger partial charge in [0.05, 0.1) is 13.2 Å². The number of morpholine rings is 1. The fourth-order valence-electron chi connectivity index (χ4n) is 2.25. The number of hydrogen-bond acceptors (Lipinski definition) is 4. The Balaban J connectivity index is 0.00000242. The van der Waals surface area contributed by atoms with Crippen LogP contribution in [-0.4, -0.2) is 50.7 Å². The molecule has 2 N–H and O–H groups in total. The predicted octanol–water partition coefficient (Wildman–Crippen LogP) is 1.34. The monoisotopic (exact) mass is 367 g/mol. The quantitative estimate of drug-likeness (QED) is 0.824. The number of nitrogens with one attached hydrogen (secondary N) is 2. The van der Waals surface area contributed by atoms with Crippen LogP contribution in [0.2, 0.25) is 0 Å². The second-order valence-corrected chi connectivity index (χ2v) is 5.46. The first-order chi connectivity index (χ1) is 10.1. The zero-order valence-electron chi connectivity index (χ0n) is 13.3. The number of carbonyl (C=O) groups excluding carboxylic acids is 1. The molecule has 0 radical (unpaired) electrons. The average molecular weight is 368 g/mol. The maximum absolute atomic E-state index is 13.7. The van der Waals surface area contributed by atoms with Gasteiger partial charge in [0.15, 0.2) is 0 Å². The molecule has 1 aromatic rings. The van der Waals surface area contributed by atoms with Gasteiger partial charge in [-0.3, -0.25) is 4.79 Å². The van der Waals surface area contributed by atoms with E-state index < -0.39 is 0 Å². The van der Waals surface area contributed by atoms with Gasteiger partial charge in [0.25, 0.3) is 0 Å². The van der Waals surface area contributed by atoms with Crippen molar-refractivity contribution in [1.82, 2.24) is 15.5 Å². The summed E-state index contributed by atoms with van der Waals surface area (Å²) in [5.74, 6) is -0.311. The minimum absolute atomic E-state index is 0. The molecule has 1 aliphatic rings. The molecule has 0 spiro atoms. The smallest absolute Gasteiger partial charge is 0.239 e. The number of benzene rings is 1. The predicted molar refractivity (Wildman–Crippen MR) is 92.7 cm³/mol. The molecule has 1 amide bonds. The van der Waals surface area contributed by atoms with E-state index in [0.29, 0.717) is 38.4 Å². The van der Waals surface area contributed by atoms with Crippen molar-refractivity contribution in [2.24, 2.45) is 0 Å². The van der Waals surface area contributed by atoms with Crippen molar-refractivity contribution in [2.45, 2.75) is 19.1 Å². The summed E-state index contributed by atoms with van der Waals surface area (Å²) < 4.78 is 18.9. The molecule has 1 unspecified atom stereocenters. The summed E-state index contributed by atoms with van der Waals surface area (Å²) in [6.45, 7) is 2.63. The van der Waals surface area contributed by atoms with Gasteiger partial charge >= 0.3 is 0 Å². The largest absolute Gasteiger partial charge is 0.378 e. The molecule has 0 aromatic heterocycles. The van der Waals surface area contributed by atoms with E-state index >= 15 is 0 Å². The summed E-state index contributed by atoms with van der Waals surface area (Å²) in [6, 6.07) is 4.63. The lowest BCUT2D eigenvalue weighted by Crippen LogP contribution is -2.51. The summed E-state index contributed by atoms with van der Waals surface area (Å²) in [6.07, 6.45) is 0. The Morgan fingerprint density at radius 1 is 1.43 bits per heavy atom. The summed E-state index contributed by atoms with van der Waals surface area (Å²) in [5, 5.41) is 5.95. The molecule has 1 aromatic carbocycles. The lowest BCUT2D eigenvalue weighted by molar-refractivity contribution is -0.126. The molecule has 1 atom stereocenters. The van der Waals surface area contributed by atoms with Crippen LogP contribution >= 0.6 is 24.8 Å². The molecule has 0 saturated carbocycles. The number of carbonyl (C=O) groups is 1. The molecule has 0 aliphatic carbocycles. The van der Waals surface area contributed by atoms with Gasteiger partial charge in [-0.15, -0.1) is 24.8 Å². The number of amides is 1. The van der Waals surface area contributed by atoms with Gasteiger partial charge in [-0.05, 0) is 31.8 Å². The van der Waals surface area contributed by atoms with Crippen LogP contribution in [0, 0.1) is 5.82 Å². The number of ether oxygens (including phenoxy) is 1. The van der Waals surface area contributed by atoms with Crippen LogP contribution in [0.5, 0.6) is 0 Å². The van der Waals surface area contributed by atoms with E-state index in [1.165, 1.54) is 6.07 Å². The van der Waals surface area contributed by atoms with Crippen LogP contribution in [0.25, 0.3) is 0 Å². The number of rotatable bonds is 5. The lowest BCUT2D eigenvalue weighted by Gasteiger charge is -2.23. The number of halogens is 3. The Morgan fingerprint density at radius 3 is 2.78 bits per heavy atom. The van der Waals surface area contributed by atoms with E-state index in [9.17, 15) is 9.18 Å². The van der Waals surface area contributed by atoms with Crippen molar-refractivity contribution in [3.8, 4) is 0 Å². The van der Waals surface area contributed by atoms with Gasteiger partial charge in [0.1, 0.15) is 11.9 Å². The molecular weight excluding hydrogens is 344 g/mol. The summed E-state index contributed by atoms with van der Waals surface area (Å²) in [5.41, 5.74) is 1.52. The molecule has 23 heavy (non-hydrogen) atoms. The summed E-state index contributed by atoms with van der Waals surface area (Å²) in [4.78, 5) is 13.9. The first-order valence-electron chi connectivity index (χ1n) is 7.07. The lowest BCUT2D eigenvalue weighted by atomic mass is 10.1. The van der Waals surface area contributed by atoms with Crippen LogP contribution in [-0.2, 0) is 22.6 Å². The minimum Gasteiger partial charge on any atom is -0.378 e. The first kappa shape index (κ1) is 22.1. The third kappa shape index (κ3) is 7.01. The van der Waals surface area contributed by atoms with Crippen molar-refractivity contribution in [1.29, 1.82) is 0 Å². The number of nitrogens with zero attached hydrogens (tertiary/aromatic N) is 1. The Labute approximate surface area is 148 Å². The molecule has 1 aliphatic heterocycles. The number of hydrogen-bond donors (Lipinski definition) is 2. The van der Waals surface area contributed by atoms with E-state index in [4.69, 9.17) is 4.74 Å². The molecule has 2 rings (SSSR count). The van der Waals surface area contributed by atoms with Gasteiger partial charge in [0, 0.05) is 25.2 Å².